The third-order valence-electron chi connectivity index (χ3n) is 5.18. The van der Waals surface area contributed by atoms with Gasteiger partial charge in [-0.05, 0) is 18.9 Å². The number of aryl methyl sites for hydroxylation is 1. The summed E-state index contributed by atoms with van der Waals surface area (Å²) < 4.78 is 0. The van der Waals surface area contributed by atoms with E-state index in [0.29, 0.717) is 43.9 Å². The first kappa shape index (κ1) is 19.1. The van der Waals surface area contributed by atoms with Crippen LogP contribution >= 0.6 is 0 Å². The van der Waals surface area contributed by atoms with E-state index in [4.69, 9.17) is 0 Å². The van der Waals surface area contributed by atoms with E-state index in [1.807, 2.05) is 35.2 Å². The van der Waals surface area contributed by atoms with Gasteiger partial charge in [0.1, 0.15) is 0 Å². The maximum atomic E-state index is 12.7. The van der Waals surface area contributed by atoms with Gasteiger partial charge in [0.15, 0.2) is 0 Å². The van der Waals surface area contributed by atoms with Crippen molar-refractivity contribution in [2.24, 2.45) is 0 Å². The fourth-order valence-electron chi connectivity index (χ4n) is 3.62. The van der Waals surface area contributed by atoms with Crippen LogP contribution in [0.15, 0.2) is 39.9 Å². The van der Waals surface area contributed by atoms with E-state index in [2.05, 4.69) is 21.8 Å². The number of carbonyl (C=O) groups excluding carboxylic acids is 1. The van der Waals surface area contributed by atoms with Gasteiger partial charge in [-0.2, -0.15) is 0 Å². The highest BCUT2D eigenvalue weighted by molar-refractivity contribution is 5.77. The number of nitrogens with one attached hydrogen (secondary N) is 2. The average Bonchev–Trinajstić information content (AvgIpc) is 2.79. The second-order valence-electron chi connectivity index (χ2n) is 7.07. The summed E-state index contributed by atoms with van der Waals surface area (Å²) >= 11 is 0. The molecular weight excluding hydrogens is 344 g/mol. The number of aromatic nitrogens is 2. The van der Waals surface area contributed by atoms with Gasteiger partial charge in [0, 0.05) is 44.3 Å². The summed E-state index contributed by atoms with van der Waals surface area (Å²) in [7, 11) is 0. The molecule has 1 saturated heterocycles. The molecule has 0 spiro atoms. The molecule has 27 heavy (non-hydrogen) atoms. The average molecular weight is 370 g/mol. The number of nitrogens with zero attached hydrogens (tertiary/aromatic N) is 2. The minimum Gasteiger partial charge on any atom is -0.334 e. The molecule has 0 bridgehead atoms. The molecule has 1 fully saturated rings. The number of aromatic amines is 2. The molecule has 0 radical (unpaired) electrons. The fourth-order valence-corrected chi connectivity index (χ4v) is 3.62. The standard InChI is InChI=1S/C20H26N4O3/c1-3-16-12-23(13-17-14(2)21-20(27)22-19(17)26)10-9-18(25)24(16)11-15-7-5-4-6-8-15/h4-8,16H,3,9-13H2,1-2H3,(H2,21,22,26,27). The van der Waals surface area contributed by atoms with Crippen molar-refractivity contribution in [3.05, 3.63) is 68.0 Å². The van der Waals surface area contributed by atoms with Crippen molar-refractivity contribution in [1.82, 2.24) is 19.8 Å². The Morgan fingerprint density at radius 2 is 1.81 bits per heavy atom. The first-order chi connectivity index (χ1) is 13.0. The van der Waals surface area contributed by atoms with E-state index in [-0.39, 0.29) is 17.5 Å². The second kappa shape index (κ2) is 8.35. The lowest BCUT2D eigenvalue weighted by atomic mass is 10.1. The second-order valence-corrected chi connectivity index (χ2v) is 7.07. The first-order valence-electron chi connectivity index (χ1n) is 9.35. The number of rotatable bonds is 5. The number of carbonyl (C=O) groups is 1. The molecular formula is C20H26N4O3. The van der Waals surface area contributed by atoms with Crippen molar-refractivity contribution in [1.29, 1.82) is 0 Å². The van der Waals surface area contributed by atoms with Gasteiger partial charge in [-0.3, -0.25) is 19.5 Å². The molecule has 1 aliphatic rings. The Bertz CT molecular complexity index is 903. The van der Waals surface area contributed by atoms with E-state index in [0.717, 1.165) is 12.0 Å². The zero-order valence-corrected chi connectivity index (χ0v) is 15.8. The van der Waals surface area contributed by atoms with Crippen LogP contribution in [0.1, 0.15) is 36.6 Å². The van der Waals surface area contributed by atoms with E-state index in [1.165, 1.54) is 0 Å². The Hall–Kier alpha value is -2.67. The number of benzene rings is 1. The van der Waals surface area contributed by atoms with Crippen LogP contribution in [0.4, 0.5) is 0 Å². The predicted octanol–water partition coefficient (Wildman–Crippen LogP) is 1.38. The molecule has 7 nitrogen and oxygen atoms in total. The normalized spacial score (nSPS) is 18.5. The molecule has 1 aliphatic heterocycles. The highest BCUT2D eigenvalue weighted by Gasteiger charge is 2.29. The zero-order valence-electron chi connectivity index (χ0n) is 15.8. The lowest BCUT2D eigenvalue weighted by Gasteiger charge is -2.31. The van der Waals surface area contributed by atoms with Gasteiger partial charge in [-0.15, -0.1) is 0 Å². The monoisotopic (exact) mass is 370 g/mol. The minimum atomic E-state index is -0.493. The molecule has 3 rings (SSSR count). The van der Waals surface area contributed by atoms with Crippen LogP contribution in [0, 0.1) is 6.92 Å². The van der Waals surface area contributed by atoms with Crippen molar-refractivity contribution in [3.63, 3.8) is 0 Å². The van der Waals surface area contributed by atoms with Crippen LogP contribution in [0.3, 0.4) is 0 Å². The lowest BCUT2D eigenvalue weighted by molar-refractivity contribution is -0.133. The van der Waals surface area contributed by atoms with Gasteiger partial charge in [-0.25, -0.2) is 4.79 Å². The SMILES string of the molecule is CCC1CN(Cc2c(C)[nH]c(=O)[nH]c2=O)CCC(=O)N1Cc1ccccc1. The van der Waals surface area contributed by atoms with Gasteiger partial charge in [0.2, 0.25) is 5.91 Å². The van der Waals surface area contributed by atoms with Crippen LogP contribution in [0.5, 0.6) is 0 Å². The molecule has 144 valence electrons. The maximum absolute atomic E-state index is 12.7. The summed E-state index contributed by atoms with van der Waals surface area (Å²) in [5, 5.41) is 0. The topological polar surface area (TPSA) is 89.3 Å². The number of hydrogen-bond acceptors (Lipinski definition) is 4. The van der Waals surface area contributed by atoms with E-state index in [9.17, 15) is 14.4 Å². The van der Waals surface area contributed by atoms with Gasteiger partial charge < -0.3 is 9.88 Å². The van der Waals surface area contributed by atoms with E-state index in [1.54, 1.807) is 6.92 Å². The first-order valence-corrected chi connectivity index (χ1v) is 9.35. The number of amides is 1. The molecule has 2 heterocycles. The highest BCUT2D eigenvalue weighted by atomic mass is 16.2. The van der Waals surface area contributed by atoms with Crippen LogP contribution in [-0.4, -0.2) is 44.8 Å². The van der Waals surface area contributed by atoms with Crippen molar-refractivity contribution in [2.45, 2.75) is 45.8 Å². The van der Waals surface area contributed by atoms with Crippen molar-refractivity contribution >= 4 is 5.91 Å². The zero-order chi connectivity index (χ0) is 19.4. The van der Waals surface area contributed by atoms with Crippen molar-refractivity contribution in [3.8, 4) is 0 Å². The fraction of sp³-hybridized carbons (Fsp3) is 0.450. The molecule has 0 saturated carbocycles. The molecule has 0 aliphatic carbocycles. The van der Waals surface area contributed by atoms with Crippen LogP contribution in [-0.2, 0) is 17.9 Å². The Morgan fingerprint density at radius 3 is 2.48 bits per heavy atom. The van der Waals surface area contributed by atoms with Gasteiger partial charge in [0.25, 0.3) is 5.56 Å². The quantitative estimate of drug-likeness (QED) is 0.832. The van der Waals surface area contributed by atoms with Crippen LogP contribution in [0.2, 0.25) is 0 Å². The molecule has 1 atom stereocenters. The van der Waals surface area contributed by atoms with Crippen molar-refractivity contribution in [2.75, 3.05) is 13.1 Å². The molecule has 1 unspecified atom stereocenters. The molecule has 2 aromatic rings. The maximum Gasteiger partial charge on any atom is 0.325 e. The summed E-state index contributed by atoms with van der Waals surface area (Å²) in [6.07, 6.45) is 1.26. The molecule has 1 aromatic heterocycles. The van der Waals surface area contributed by atoms with Gasteiger partial charge in [0.05, 0.1) is 5.56 Å². The van der Waals surface area contributed by atoms with Gasteiger partial charge in [-0.1, -0.05) is 37.3 Å². The molecule has 7 heteroatoms. The Kier molecular flexibility index (Phi) is 5.91. The van der Waals surface area contributed by atoms with Gasteiger partial charge >= 0.3 is 5.69 Å². The predicted molar refractivity (Wildman–Crippen MR) is 103 cm³/mol. The lowest BCUT2D eigenvalue weighted by Crippen LogP contribution is -2.42. The smallest absolute Gasteiger partial charge is 0.325 e. The summed E-state index contributed by atoms with van der Waals surface area (Å²) in [5.74, 6) is 0.139. The Labute approximate surface area is 158 Å². The number of hydrogen-bond donors (Lipinski definition) is 2. The van der Waals surface area contributed by atoms with E-state index < -0.39 is 5.69 Å². The van der Waals surface area contributed by atoms with E-state index >= 15 is 0 Å². The molecule has 1 aromatic carbocycles. The third-order valence-corrected chi connectivity index (χ3v) is 5.18. The van der Waals surface area contributed by atoms with Crippen molar-refractivity contribution < 1.29 is 4.79 Å². The largest absolute Gasteiger partial charge is 0.334 e. The molecule has 2 N–H and O–H groups in total. The minimum absolute atomic E-state index is 0.0855. The van der Waals surface area contributed by atoms with Crippen LogP contribution < -0.4 is 11.2 Å². The summed E-state index contributed by atoms with van der Waals surface area (Å²) in [4.78, 5) is 45.3. The Morgan fingerprint density at radius 1 is 1.07 bits per heavy atom. The third kappa shape index (κ3) is 4.54. The molecule has 1 amide bonds. The van der Waals surface area contributed by atoms with Crippen LogP contribution in [0.25, 0.3) is 0 Å². The Balaban J connectivity index is 1.78. The number of H-pyrrole nitrogens is 2. The summed E-state index contributed by atoms with van der Waals surface area (Å²) in [5.41, 5.74) is 1.39. The summed E-state index contributed by atoms with van der Waals surface area (Å²) in [6, 6.07) is 10.1. The summed E-state index contributed by atoms with van der Waals surface area (Å²) in [6.45, 7) is 6.13. The highest BCUT2D eigenvalue weighted by Crippen LogP contribution is 2.19.